The zero-order valence-electron chi connectivity index (χ0n) is 21.6. The number of halogens is 4. The predicted octanol–water partition coefficient (Wildman–Crippen LogP) is 6.14. The van der Waals surface area contributed by atoms with Crippen molar-refractivity contribution in [3.05, 3.63) is 64.7 Å². The molecule has 2 aromatic carbocycles. The molecule has 38 heavy (non-hydrogen) atoms. The van der Waals surface area contributed by atoms with Gasteiger partial charge in [-0.1, -0.05) is 55.8 Å². The van der Waals surface area contributed by atoms with Crippen LogP contribution in [0.3, 0.4) is 0 Å². The van der Waals surface area contributed by atoms with E-state index in [-0.39, 0.29) is 11.3 Å². The summed E-state index contributed by atoms with van der Waals surface area (Å²) in [5, 5.41) is 7.67. The lowest BCUT2D eigenvalue weighted by Gasteiger charge is -2.39. The van der Waals surface area contributed by atoms with E-state index < -0.39 is 12.1 Å². The molecule has 0 unspecified atom stereocenters. The van der Waals surface area contributed by atoms with Gasteiger partial charge in [-0.15, -0.1) is 0 Å². The summed E-state index contributed by atoms with van der Waals surface area (Å²) >= 11 is 6.26. The van der Waals surface area contributed by atoms with Crippen molar-refractivity contribution in [2.75, 3.05) is 32.8 Å². The Hall–Kier alpha value is -2.78. The Morgan fingerprint density at radius 2 is 1.61 bits per heavy atom. The Kier molecular flexibility index (Phi) is 10.1. The molecule has 2 saturated heterocycles. The molecule has 6 nitrogen and oxygen atoms in total. The van der Waals surface area contributed by atoms with E-state index in [2.05, 4.69) is 36.9 Å². The van der Waals surface area contributed by atoms with Gasteiger partial charge in [0.05, 0.1) is 17.2 Å². The highest BCUT2D eigenvalue weighted by Gasteiger charge is 2.42. The first-order chi connectivity index (χ1) is 17.9. The number of carbonyl (C=O) groups is 2. The zero-order chi connectivity index (χ0) is 27.9. The Bertz CT molecular complexity index is 1100. The third-order valence-corrected chi connectivity index (χ3v) is 7.26. The van der Waals surface area contributed by atoms with E-state index in [1.54, 1.807) is 6.07 Å². The number of rotatable bonds is 6. The Balaban J connectivity index is 0.000000505. The summed E-state index contributed by atoms with van der Waals surface area (Å²) in [6, 6.07) is 15.8. The van der Waals surface area contributed by atoms with Crippen LogP contribution in [0.25, 0.3) is 0 Å². The van der Waals surface area contributed by atoms with E-state index in [0.29, 0.717) is 16.5 Å². The number of benzene rings is 2. The van der Waals surface area contributed by atoms with Crippen molar-refractivity contribution in [2.45, 2.75) is 45.8 Å². The number of carboxylic acids is 1. The van der Waals surface area contributed by atoms with Crippen LogP contribution in [0.4, 0.5) is 13.2 Å². The quantitative estimate of drug-likeness (QED) is 0.465. The van der Waals surface area contributed by atoms with Gasteiger partial charge >= 0.3 is 12.1 Å². The van der Waals surface area contributed by atoms with Crippen molar-refractivity contribution in [2.24, 2.45) is 11.3 Å². The Labute approximate surface area is 226 Å². The standard InChI is InChI=1S/C26H33ClN2O2.C2HF3O2/c1-20(2)18-31-24-10-6-3-7-21(24)17-28-14-11-26(12-15-28)13-16-29(19-26)25(30)22-8-4-5-9-23(22)27;3-2(4,5)1(6)7/h3-10,20H,11-19H2,1-2H3;(H,6,7). The molecule has 10 heteroatoms. The molecule has 2 heterocycles. The minimum absolute atomic E-state index is 0.0705. The molecule has 1 amide bonds. The molecular weight excluding hydrogens is 521 g/mol. The van der Waals surface area contributed by atoms with Gasteiger partial charge in [0, 0.05) is 25.2 Å². The SMILES string of the molecule is CC(C)COc1ccccc1CN1CCC2(CC1)CCN(C(=O)c1ccccc1Cl)C2.O=C(O)C(F)(F)F. The molecule has 208 valence electrons. The number of nitrogens with zero attached hydrogens (tertiary/aromatic N) is 2. The topological polar surface area (TPSA) is 70.1 Å². The molecule has 2 aliphatic heterocycles. The van der Waals surface area contributed by atoms with Crippen LogP contribution in [0, 0.1) is 11.3 Å². The van der Waals surface area contributed by atoms with Crippen LogP contribution in [0.15, 0.2) is 48.5 Å². The summed E-state index contributed by atoms with van der Waals surface area (Å²) in [5.41, 5.74) is 2.14. The van der Waals surface area contributed by atoms with Crippen LogP contribution in [0.1, 0.15) is 49.0 Å². The summed E-state index contributed by atoms with van der Waals surface area (Å²) in [4.78, 5) is 26.4. The first-order valence-corrected chi connectivity index (χ1v) is 13.0. The molecule has 0 aromatic heterocycles. The average Bonchev–Trinajstić information content (AvgIpc) is 3.28. The van der Waals surface area contributed by atoms with Crippen LogP contribution < -0.4 is 4.74 Å². The summed E-state index contributed by atoms with van der Waals surface area (Å²) in [6.07, 6.45) is -1.73. The molecule has 1 N–H and O–H groups in total. The first kappa shape index (κ1) is 29.8. The van der Waals surface area contributed by atoms with Gasteiger partial charge in [0.2, 0.25) is 0 Å². The second-order valence-corrected chi connectivity index (χ2v) is 10.8. The van der Waals surface area contributed by atoms with E-state index in [9.17, 15) is 18.0 Å². The smallest absolute Gasteiger partial charge is 0.490 e. The lowest BCUT2D eigenvalue weighted by Crippen LogP contribution is -2.42. The van der Waals surface area contributed by atoms with Gasteiger partial charge in [0.15, 0.2) is 0 Å². The molecule has 0 aliphatic carbocycles. The number of carboxylic acid groups (broad SMARTS) is 1. The third kappa shape index (κ3) is 8.11. The van der Waals surface area contributed by atoms with Gasteiger partial charge in [-0.3, -0.25) is 9.69 Å². The van der Waals surface area contributed by atoms with Gasteiger partial charge in [-0.25, -0.2) is 4.79 Å². The second kappa shape index (κ2) is 12.8. The Morgan fingerprint density at radius 3 is 2.21 bits per heavy atom. The predicted molar refractivity (Wildman–Crippen MR) is 139 cm³/mol. The molecule has 2 aliphatic rings. The summed E-state index contributed by atoms with van der Waals surface area (Å²) < 4.78 is 37.8. The zero-order valence-corrected chi connectivity index (χ0v) is 22.4. The maximum atomic E-state index is 13.0. The monoisotopic (exact) mass is 554 g/mol. The number of ether oxygens (including phenoxy) is 1. The third-order valence-electron chi connectivity index (χ3n) is 6.93. The van der Waals surface area contributed by atoms with Gasteiger partial charge in [0.25, 0.3) is 5.91 Å². The van der Waals surface area contributed by atoms with Gasteiger partial charge in [-0.2, -0.15) is 13.2 Å². The van der Waals surface area contributed by atoms with Crippen LogP contribution >= 0.6 is 11.6 Å². The van der Waals surface area contributed by atoms with Crippen LogP contribution in [-0.2, 0) is 11.3 Å². The number of para-hydroxylation sites is 1. The van der Waals surface area contributed by atoms with Crippen molar-refractivity contribution >= 4 is 23.5 Å². The molecular formula is C28H34ClF3N2O4. The highest BCUT2D eigenvalue weighted by molar-refractivity contribution is 6.33. The summed E-state index contributed by atoms with van der Waals surface area (Å²) in [7, 11) is 0. The summed E-state index contributed by atoms with van der Waals surface area (Å²) in [6.45, 7) is 9.82. The number of aliphatic carboxylic acids is 1. The van der Waals surface area contributed by atoms with E-state index in [4.69, 9.17) is 26.2 Å². The molecule has 0 atom stereocenters. The van der Waals surface area contributed by atoms with Crippen LogP contribution in [0.5, 0.6) is 5.75 Å². The van der Waals surface area contributed by atoms with Crippen molar-refractivity contribution in [1.82, 2.24) is 9.80 Å². The number of hydrogen-bond acceptors (Lipinski definition) is 4. The number of hydrogen-bond donors (Lipinski definition) is 1. The average molecular weight is 555 g/mol. The molecule has 0 bridgehead atoms. The maximum absolute atomic E-state index is 13.0. The largest absolute Gasteiger partial charge is 0.493 e. The maximum Gasteiger partial charge on any atom is 0.490 e. The van der Waals surface area contributed by atoms with Crippen molar-refractivity contribution < 1.29 is 32.6 Å². The fourth-order valence-electron chi connectivity index (χ4n) is 4.78. The van der Waals surface area contributed by atoms with Crippen LogP contribution in [0.2, 0.25) is 5.02 Å². The number of piperidine rings is 1. The lowest BCUT2D eigenvalue weighted by molar-refractivity contribution is -0.192. The molecule has 2 aromatic rings. The number of likely N-dealkylation sites (tertiary alicyclic amines) is 2. The minimum atomic E-state index is -5.08. The van der Waals surface area contributed by atoms with E-state index >= 15 is 0 Å². The molecule has 0 saturated carbocycles. The first-order valence-electron chi connectivity index (χ1n) is 12.7. The van der Waals surface area contributed by atoms with Gasteiger partial charge < -0.3 is 14.7 Å². The number of alkyl halides is 3. The molecule has 0 radical (unpaired) electrons. The minimum Gasteiger partial charge on any atom is -0.493 e. The van der Waals surface area contributed by atoms with Gasteiger partial charge in [0.1, 0.15) is 5.75 Å². The van der Waals surface area contributed by atoms with Crippen molar-refractivity contribution in [3.8, 4) is 5.75 Å². The van der Waals surface area contributed by atoms with Crippen molar-refractivity contribution in [3.63, 3.8) is 0 Å². The molecule has 2 fully saturated rings. The van der Waals surface area contributed by atoms with Crippen molar-refractivity contribution in [1.29, 1.82) is 0 Å². The van der Waals surface area contributed by atoms with E-state index in [1.807, 2.05) is 29.2 Å². The van der Waals surface area contributed by atoms with E-state index in [0.717, 1.165) is 64.3 Å². The Morgan fingerprint density at radius 1 is 1.03 bits per heavy atom. The fraction of sp³-hybridized carbons (Fsp3) is 0.500. The second-order valence-electron chi connectivity index (χ2n) is 10.3. The molecule has 4 rings (SSSR count). The lowest BCUT2D eigenvalue weighted by atomic mass is 9.77. The number of carbonyl (C=O) groups excluding carboxylic acids is 1. The van der Waals surface area contributed by atoms with Gasteiger partial charge in [-0.05, 0) is 61.9 Å². The number of amides is 1. The highest BCUT2D eigenvalue weighted by atomic mass is 35.5. The van der Waals surface area contributed by atoms with E-state index in [1.165, 1.54) is 5.56 Å². The highest BCUT2D eigenvalue weighted by Crippen LogP contribution is 2.41. The summed E-state index contributed by atoms with van der Waals surface area (Å²) in [5.74, 6) is -1.16. The fourth-order valence-corrected chi connectivity index (χ4v) is 5.00. The molecule has 1 spiro atoms. The van der Waals surface area contributed by atoms with Crippen LogP contribution in [-0.4, -0.2) is 65.7 Å². The normalized spacial score (nSPS) is 17.3.